The predicted molar refractivity (Wildman–Crippen MR) is 73.7 cm³/mol. The van der Waals surface area contributed by atoms with Gasteiger partial charge in [0.2, 0.25) is 0 Å². The van der Waals surface area contributed by atoms with E-state index in [4.69, 9.17) is 0 Å². The van der Waals surface area contributed by atoms with Crippen LogP contribution in [0.3, 0.4) is 0 Å². The van der Waals surface area contributed by atoms with Crippen LogP contribution in [-0.2, 0) is 6.18 Å². The van der Waals surface area contributed by atoms with Gasteiger partial charge < -0.3 is 0 Å². The minimum Gasteiger partial charge on any atom is -0.288 e. The van der Waals surface area contributed by atoms with Crippen LogP contribution < -0.4 is 0 Å². The molecule has 1 nitrogen and oxygen atoms in total. The van der Waals surface area contributed by atoms with E-state index in [1.165, 1.54) is 25.1 Å². The fraction of sp³-hybridized carbons (Fsp3) is 0.133. The molecule has 0 bridgehead atoms. The molecule has 2 aromatic rings. The van der Waals surface area contributed by atoms with Crippen LogP contribution in [0.4, 0.5) is 17.6 Å². The summed E-state index contributed by atoms with van der Waals surface area (Å²) in [7, 11) is 0. The molecule has 21 heavy (non-hydrogen) atoms. The van der Waals surface area contributed by atoms with Crippen molar-refractivity contribution in [3.8, 4) is 0 Å². The number of halogens is 5. The minimum atomic E-state index is -4.48. The number of carbonyl (C=O) groups is 1. The number of hydrogen-bond acceptors (Lipinski definition) is 1. The van der Waals surface area contributed by atoms with Gasteiger partial charge in [0.1, 0.15) is 5.82 Å². The Hall–Kier alpha value is -1.69. The van der Waals surface area contributed by atoms with Gasteiger partial charge in [0, 0.05) is 5.56 Å². The summed E-state index contributed by atoms with van der Waals surface area (Å²) in [4.78, 5) is 12.3. The molecule has 0 spiro atoms. The lowest BCUT2D eigenvalue weighted by atomic mass is 9.97. The van der Waals surface area contributed by atoms with Crippen LogP contribution in [0, 0.1) is 12.7 Å². The summed E-state index contributed by atoms with van der Waals surface area (Å²) in [5, 5.41) is 0. The molecule has 0 radical (unpaired) electrons. The molecular weight excluding hydrogens is 352 g/mol. The SMILES string of the molecule is Cc1cc(C(F)(F)F)ccc1C(=O)c1cccc(Br)c1F. The molecule has 0 unspecified atom stereocenters. The van der Waals surface area contributed by atoms with Crippen LogP contribution in [0.25, 0.3) is 0 Å². The fourth-order valence-electron chi connectivity index (χ4n) is 1.92. The van der Waals surface area contributed by atoms with Crippen molar-refractivity contribution in [3.63, 3.8) is 0 Å². The molecular formula is C15H9BrF4O. The van der Waals surface area contributed by atoms with E-state index < -0.39 is 23.3 Å². The molecule has 0 aliphatic rings. The molecule has 0 fully saturated rings. The summed E-state index contributed by atoms with van der Waals surface area (Å²) in [5.41, 5.74) is -0.840. The molecule has 0 saturated carbocycles. The lowest BCUT2D eigenvalue weighted by Gasteiger charge is -2.11. The van der Waals surface area contributed by atoms with Crippen molar-refractivity contribution in [1.29, 1.82) is 0 Å². The van der Waals surface area contributed by atoms with Gasteiger partial charge in [-0.25, -0.2) is 4.39 Å². The van der Waals surface area contributed by atoms with E-state index >= 15 is 0 Å². The maximum atomic E-state index is 13.9. The molecule has 0 aromatic heterocycles. The third-order valence-corrected chi connectivity index (χ3v) is 3.61. The average molecular weight is 361 g/mol. The summed E-state index contributed by atoms with van der Waals surface area (Å²) in [5.74, 6) is -1.39. The van der Waals surface area contributed by atoms with E-state index in [-0.39, 0.29) is 21.2 Å². The molecule has 0 heterocycles. The van der Waals surface area contributed by atoms with Gasteiger partial charge in [-0.1, -0.05) is 12.1 Å². The zero-order chi connectivity index (χ0) is 15.8. The van der Waals surface area contributed by atoms with Gasteiger partial charge in [0.05, 0.1) is 15.6 Å². The Morgan fingerprint density at radius 1 is 1.10 bits per heavy atom. The van der Waals surface area contributed by atoms with Crippen molar-refractivity contribution < 1.29 is 22.4 Å². The van der Waals surface area contributed by atoms with Crippen molar-refractivity contribution in [2.45, 2.75) is 13.1 Å². The first-order valence-corrected chi connectivity index (χ1v) is 6.67. The second-order valence-corrected chi connectivity index (χ2v) is 5.31. The number of aryl methyl sites for hydroxylation is 1. The Morgan fingerprint density at radius 2 is 1.76 bits per heavy atom. The van der Waals surface area contributed by atoms with Crippen LogP contribution in [0.5, 0.6) is 0 Å². The fourth-order valence-corrected chi connectivity index (χ4v) is 2.29. The van der Waals surface area contributed by atoms with Gasteiger partial charge in [-0.2, -0.15) is 13.2 Å². The lowest BCUT2D eigenvalue weighted by Crippen LogP contribution is -2.10. The van der Waals surface area contributed by atoms with E-state index in [1.807, 2.05) is 0 Å². The predicted octanol–water partition coefficient (Wildman–Crippen LogP) is 5.15. The Kier molecular flexibility index (Phi) is 4.18. The number of rotatable bonds is 2. The number of hydrogen-bond donors (Lipinski definition) is 0. The highest BCUT2D eigenvalue weighted by molar-refractivity contribution is 9.10. The number of alkyl halides is 3. The van der Waals surface area contributed by atoms with Crippen molar-refractivity contribution in [3.05, 3.63) is 68.9 Å². The van der Waals surface area contributed by atoms with Crippen LogP contribution >= 0.6 is 15.9 Å². The monoisotopic (exact) mass is 360 g/mol. The third-order valence-electron chi connectivity index (χ3n) is 2.99. The first-order valence-electron chi connectivity index (χ1n) is 5.88. The smallest absolute Gasteiger partial charge is 0.288 e. The Labute approximate surface area is 126 Å². The standard InChI is InChI=1S/C15H9BrF4O/c1-8-7-9(15(18,19)20)5-6-10(8)14(21)11-3-2-4-12(16)13(11)17/h2-7H,1H3. The average Bonchev–Trinajstić information content (AvgIpc) is 2.40. The van der Waals surface area contributed by atoms with E-state index in [2.05, 4.69) is 15.9 Å². The maximum absolute atomic E-state index is 13.9. The summed E-state index contributed by atoms with van der Waals surface area (Å²) in [6.07, 6.45) is -4.48. The van der Waals surface area contributed by atoms with E-state index in [9.17, 15) is 22.4 Å². The first kappa shape index (κ1) is 15.7. The van der Waals surface area contributed by atoms with Gasteiger partial charge in [0.25, 0.3) is 0 Å². The Bertz CT molecular complexity index is 707. The lowest BCUT2D eigenvalue weighted by molar-refractivity contribution is -0.137. The molecule has 2 rings (SSSR count). The van der Waals surface area contributed by atoms with Gasteiger partial charge in [0.15, 0.2) is 5.78 Å². The number of carbonyl (C=O) groups excluding carboxylic acids is 1. The van der Waals surface area contributed by atoms with Gasteiger partial charge in [-0.05, 0) is 52.7 Å². The topological polar surface area (TPSA) is 17.1 Å². The molecule has 6 heteroatoms. The first-order chi connectivity index (χ1) is 9.71. The normalized spacial score (nSPS) is 11.5. The van der Waals surface area contributed by atoms with E-state index in [1.54, 1.807) is 0 Å². The summed E-state index contributed by atoms with van der Waals surface area (Å²) in [6, 6.07) is 6.98. The van der Waals surface area contributed by atoms with E-state index in [0.717, 1.165) is 18.2 Å². The molecule has 0 amide bonds. The summed E-state index contributed by atoms with van der Waals surface area (Å²) >= 11 is 2.97. The molecule has 0 N–H and O–H groups in total. The van der Waals surface area contributed by atoms with Gasteiger partial charge in [-0.15, -0.1) is 0 Å². The van der Waals surface area contributed by atoms with Crippen molar-refractivity contribution in [1.82, 2.24) is 0 Å². The molecule has 0 saturated heterocycles. The Balaban J connectivity index is 2.48. The molecule has 0 aliphatic heterocycles. The highest BCUT2D eigenvalue weighted by atomic mass is 79.9. The second-order valence-electron chi connectivity index (χ2n) is 4.46. The Morgan fingerprint density at radius 3 is 2.33 bits per heavy atom. The molecule has 0 atom stereocenters. The zero-order valence-electron chi connectivity index (χ0n) is 10.8. The van der Waals surface area contributed by atoms with Crippen molar-refractivity contribution in [2.75, 3.05) is 0 Å². The van der Waals surface area contributed by atoms with E-state index in [0.29, 0.717) is 0 Å². The van der Waals surface area contributed by atoms with Crippen LogP contribution in [0.2, 0.25) is 0 Å². The second kappa shape index (κ2) is 5.60. The molecule has 0 aliphatic carbocycles. The van der Waals surface area contributed by atoms with Gasteiger partial charge >= 0.3 is 6.18 Å². The maximum Gasteiger partial charge on any atom is 0.416 e. The van der Waals surface area contributed by atoms with Gasteiger partial charge in [-0.3, -0.25) is 4.79 Å². The number of benzene rings is 2. The number of ketones is 1. The highest BCUT2D eigenvalue weighted by Crippen LogP contribution is 2.31. The van der Waals surface area contributed by atoms with Crippen LogP contribution in [0.1, 0.15) is 27.0 Å². The van der Waals surface area contributed by atoms with Crippen molar-refractivity contribution >= 4 is 21.7 Å². The largest absolute Gasteiger partial charge is 0.416 e. The van der Waals surface area contributed by atoms with Crippen LogP contribution in [0.15, 0.2) is 40.9 Å². The summed E-state index contributed by atoms with van der Waals surface area (Å²) in [6.45, 7) is 1.39. The highest BCUT2D eigenvalue weighted by Gasteiger charge is 2.31. The third kappa shape index (κ3) is 3.15. The van der Waals surface area contributed by atoms with Crippen molar-refractivity contribution in [2.24, 2.45) is 0 Å². The summed E-state index contributed by atoms with van der Waals surface area (Å²) < 4.78 is 51.8. The minimum absolute atomic E-state index is 0.0417. The zero-order valence-corrected chi connectivity index (χ0v) is 12.3. The molecule has 110 valence electrons. The molecule has 2 aromatic carbocycles. The quantitative estimate of drug-likeness (QED) is 0.534. The van der Waals surface area contributed by atoms with Crippen LogP contribution in [-0.4, -0.2) is 5.78 Å².